The van der Waals surface area contributed by atoms with E-state index in [1.165, 1.54) is 66.8 Å². The Kier molecular flexibility index (Phi) is 8.84. The molecular formula is C67H43NO. The van der Waals surface area contributed by atoms with Gasteiger partial charge in [0.25, 0.3) is 0 Å². The lowest BCUT2D eigenvalue weighted by atomic mass is 9.70. The van der Waals surface area contributed by atoms with Crippen molar-refractivity contribution in [2.24, 2.45) is 0 Å². The predicted octanol–water partition coefficient (Wildman–Crippen LogP) is 18.1. The van der Waals surface area contributed by atoms with E-state index in [9.17, 15) is 0 Å². The van der Waals surface area contributed by atoms with Crippen molar-refractivity contribution in [3.05, 3.63) is 283 Å². The molecule has 0 radical (unpaired) electrons. The van der Waals surface area contributed by atoms with Crippen LogP contribution in [-0.4, -0.2) is 0 Å². The van der Waals surface area contributed by atoms with Crippen molar-refractivity contribution in [1.82, 2.24) is 0 Å². The highest BCUT2D eigenvalue weighted by Gasteiger charge is 2.51. The van der Waals surface area contributed by atoms with Crippen molar-refractivity contribution >= 4 is 39.0 Å². The lowest BCUT2D eigenvalue weighted by molar-refractivity contribution is 0.670. The summed E-state index contributed by atoms with van der Waals surface area (Å²) < 4.78 is 6.85. The molecule has 0 saturated heterocycles. The first-order chi connectivity index (χ1) is 34.2. The third kappa shape index (κ3) is 6.06. The number of fused-ring (bicyclic) bond motifs is 13. The fraction of sp³-hybridized carbons (Fsp3) is 0.0149. The largest absolute Gasteiger partial charge is 0.455 e. The van der Waals surface area contributed by atoms with Gasteiger partial charge in [0.05, 0.1) is 5.41 Å². The van der Waals surface area contributed by atoms with Crippen LogP contribution < -0.4 is 4.90 Å². The van der Waals surface area contributed by atoms with Gasteiger partial charge in [-0.1, -0.05) is 200 Å². The van der Waals surface area contributed by atoms with Crippen LogP contribution >= 0.6 is 0 Å². The average molecular weight is 878 g/mol. The number of furan rings is 1. The van der Waals surface area contributed by atoms with Crippen molar-refractivity contribution in [2.75, 3.05) is 4.90 Å². The van der Waals surface area contributed by atoms with Crippen molar-refractivity contribution < 1.29 is 4.42 Å². The zero-order valence-corrected chi connectivity index (χ0v) is 37.7. The molecule has 2 aliphatic rings. The van der Waals surface area contributed by atoms with Crippen molar-refractivity contribution in [1.29, 1.82) is 0 Å². The predicted molar refractivity (Wildman–Crippen MR) is 286 cm³/mol. The Morgan fingerprint density at radius 1 is 0.261 bits per heavy atom. The molecule has 1 spiro atoms. The minimum absolute atomic E-state index is 0.439. The summed E-state index contributed by atoms with van der Waals surface area (Å²) in [7, 11) is 0. The molecule has 0 atom stereocenters. The van der Waals surface area contributed by atoms with Crippen LogP contribution in [0.25, 0.3) is 88.7 Å². The van der Waals surface area contributed by atoms with Crippen LogP contribution in [0.3, 0.4) is 0 Å². The standard InChI is InChI=1S/C67H43NO/c1-3-15-44(16-4-1)46-27-34-51(35-28-46)68(52-36-29-47(30-37-52)45-17-5-2-6-18-45)53-38-31-48(32-39-53)50-41-59(66-60(42-50)58-22-10-14-26-65(58)69-66)49-33-40-57-56-21-9-13-25-63(56)67(64(57)43-49)61-23-11-7-19-54(61)55-20-8-12-24-62(55)67/h1-43H. The molecule has 11 aromatic carbocycles. The van der Waals surface area contributed by atoms with Gasteiger partial charge in [0.15, 0.2) is 0 Å². The van der Waals surface area contributed by atoms with Gasteiger partial charge in [-0.2, -0.15) is 0 Å². The third-order valence-corrected chi connectivity index (χ3v) is 14.7. The van der Waals surface area contributed by atoms with Crippen LogP contribution in [0.15, 0.2) is 265 Å². The quantitative estimate of drug-likeness (QED) is 0.159. The number of hydrogen-bond donors (Lipinski definition) is 0. The topological polar surface area (TPSA) is 16.4 Å². The molecule has 0 fully saturated rings. The lowest BCUT2D eigenvalue weighted by Gasteiger charge is -2.30. The highest BCUT2D eigenvalue weighted by molar-refractivity contribution is 6.12. The molecule has 0 unspecified atom stereocenters. The minimum atomic E-state index is -0.439. The third-order valence-electron chi connectivity index (χ3n) is 14.7. The van der Waals surface area contributed by atoms with E-state index in [-0.39, 0.29) is 0 Å². The molecule has 2 heteroatoms. The van der Waals surface area contributed by atoms with Gasteiger partial charge in [-0.25, -0.2) is 0 Å². The Balaban J connectivity index is 0.910. The van der Waals surface area contributed by atoms with Crippen LogP contribution in [0.2, 0.25) is 0 Å². The second kappa shape index (κ2) is 15.6. The summed E-state index contributed by atoms with van der Waals surface area (Å²) in [6.07, 6.45) is 0. The maximum Gasteiger partial charge on any atom is 0.143 e. The molecule has 1 heterocycles. The van der Waals surface area contributed by atoms with Crippen LogP contribution in [0.1, 0.15) is 22.3 Å². The van der Waals surface area contributed by atoms with E-state index < -0.39 is 5.41 Å². The summed E-state index contributed by atoms with van der Waals surface area (Å²) in [5.74, 6) is 0. The average Bonchev–Trinajstić information content (AvgIpc) is 4.06. The van der Waals surface area contributed by atoms with Gasteiger partial charge < -0.3 is 9.32 Å². The van der Waals surface area contributed by atoms with E-state index in [1.54, 1.807) is 0 Å². The van der Waals surface area contributed by atoms with Crippen LogP contribution in [-0.2, 0) is 5.41 Å². The number of anilines is 3. The molecule has 0 bridgehead atoms. The van der Waals surface area contributed by atoms with Gasteiger partial charge in [0, 0.05) is 33.4 Å². The minimum Gasteiger partial charge on any atom is -0.455 e. The zero-order valence-electron chi connectivity index (χ0n) is 37.7. The summed E-state index contributed by atoms with van der Waals surface area (Å²) in [5, 5.41) is 2.22. The first-order valence-electron chi connectivity index (χ1n) is 23.8. The maximum absolute atomic E-state index is 6.85. The molecule has 0 N–H and O–H groups in total. The molecule has 14 rings (SSSR count). The van der Waals surface area contributed by atoms with Gasteiger partial charge in [-0.3, -0.25) is 0 Å². The number of hydrogen-bond acceptors (Lipinski definition) is 2. The zero-order chi connectivity index (χ0) is 45.5. The van der Waals surface area contributed by atoms with Crippen molar-refractivity contribution in [3.8, 4) is 66.8 Å². The normalized spacial score (nSPS) is 12.8. The van der Waals surface area contributed by atoms with Crippen LogP contribution in [0.5, 0.6) is 0 Å². The van der Waals surface area contributed by atoms with Crippen LogP contribution in [0.4, 0.5) is 17.1 Å². The summed E-state index contributed by atoms with van der Waals surface area (Å²) in [5.41, 5.74) is 24.4. The summed E-state index contributed by atoms with van der Waals surface area (Å²) in [4.78, 5) is 2.35. The Morgan fingerprint density at radius 2 is 0.667 bits per heavy atom. The molecule has 2 nitrogen and oxygen atoms in total. The number of benzene rings is 11. The summed E-state index contributed by atoms with van der Waals surface area (Å²) in [6.45, 7) is 0. The first-order valence-corrected chi connectivity index (χ1v) is 23.8. The Morgan fingerprint density at radius 3 is 1.19 bits per heavy atom. The number of nitrogens with zero attached hydrogens (tertiary/aromatic N) is 1. The monoisotopic (exact) mass is 877 g/mol. The molecule has 0 aliphatic heterocycles. The Hall–Kier alpha value is -8.98. The molecule has 0 amide bonds. The van der Waals surface area contributed by atoms with Gasteiger partial charge in [-0.05, 0) is 144 Å². The number of para-hydroxylation sites is 1. The highest BCUT2D eigenvalue weighted by Crippen LogP contribution is 2.63. The highest BCUT2D eigenvalue weighted by atomic mass is 16.3. The molecule has 69 heavy (non-hydrogen) atoms. The molecule has 2 aliphatic carbocycles. The van der Waals surface area contributed by atoms with E-state index >= 15 is 0 Å². The smallest absolute Gasteiger partial charge is 0.143 e. The molecule has 12 aromatic rings. The van der Waals surface area contributed by atoms with Crippen LogP contribution in [0, 0.1) is 0 Å². The maximum atomic E-state index is 6.85. The Labute approximate surface area is 401 Å². The lowest BCUT2D eigenvalue weighted by Crippen LogP contribution is -2.25. The second-order valence-electron chi connectivity index (χ2n) is 18.4. The van der Waals surface area contributed by atoms with Gasteiger partial charge in [0.1, 0.15) is 11.2 Å². The second-order valence-corrected chi connectivity index (χ2v) is 18.4. The van der Waals surface area contributed by atoms with E-state index in [0.29, 0.717) is 0 Å². The SMILES string of the molecule is c1ccc(-c2ccc(N(c3ccc(-c4ccccc4)cc3)c3ccc(-c4cc(-c5ccc6c(c5)C5(c7ccccc7-c7ccccc75)c5ccccc5-6)c5oc6ccccc6c5c4)cc3)cc2)cc1. The molecule has 0 saturated carbocycles. The fourth-order valence-electron chi connectivity index (χ4n) is 11.6. The Bertz CT molecular complexity index is 3780. The van der Waals surface area contributed by atoms with Gasteiger partial charge in [-0.15, -0.1) is 0 Å². The molecular weight excluding hydrogens is 835 g/mol. The van der Waals surface area contributed by atoms with E-state index in [4.69, 9.17) is 4.42 Å². The fourth-order valence-corrected chi connectivity index (χ4v) is 11.6. The molecule has 322 valence electrons. The summed E-state index contributed by atoms with van der Waals surface area (Å²) in [6, 6.07) is 95.3. The van der Waals surface area contributed by atoms with Gasteiger partial charge >= 0.3 is 0 Å². The molecule has 1 aromatic heterocycles. The van der Waals surface area contributed by atoms with Crippen molar-refractivity contribution in [2.45, 2.75) is 5.41 Å². The first kappa shape index (κ1) is 39.2. The van der Waals surface area contributed by atoms with E-state index in [2.05, 4.69) is 266 Å². The van der Waals surface area contributed by atoms with E-state index in [1.807, 2.05) is 0 Å². The van der Waals surface area contributed by atoms with E-state index in [0.717, 1.165) is 61.3 Å². The number of rotatable bonds is 7. The van der Waals surface area contributed by atoms with Gasteiger partial charge in [0.2, 0.25) is 0 Å². The summed E-state index contributed by atoms with van der Waals surface area (Å²) >= 11 is 0. The van der Waals surface area contributed by atoms with Crippen molar-refractivity contribution in [3.63, 3.8) is 0 Å².